The Labute approximate surface area is 158 Å². The lowest BCUT2D eigenvalue weighted by Gasteiger charge is -2.56. The van der Waals surface area contributed by atoms with E-state index in [1.165, 1.54) is 19.3 Å². The number of para-hydroxylation sites is 1. The molecule has 1 amide bonds. The van der Waals surface area contributed by atoms with Crippen LogP contribution in [-0.2, 0) is 9.53 Å². The van der Waals surface area contributed by atoms with E-state index in [9.17, 15) is 9.59 Å². The van der Waals surface area contributed by atoms with E-state index < -0.39 is 5.97 Å². The van der Waals surface area contributed by atoms with E-state index in [4.69, 9.17) is 4.74 Å². The van der Waals surface area contributed by atoms with Gasteiger partial charge in [0, 0.05) is 10.9 Å². The molecule has 4 saturated carbocycles. The number of amides is 1. The van der Waals surface area contributed by atoms with Gasteiger partial charge >= 0.3 is 5.97 Å². The summed E-state index contributed by atoms with van der Waals surface area (Å²) in [7, 11) is 0. The normalized spacial score (nSPS) is 31.0. The van der Waals surface area contributed by atoms with E-state index >= 15 is 0 Å². The Morgan fingerprint density at radius 2 is 1.67 bits per heavy atom. The zero-order chi connectivity index (χ0) is 18.4. The number of nitrogens with zero attached hydrogens (tertiary/aromatic N) is 1. The van der Waals surface area contributed by atoms with Crippen molar-refractivity contribution in [3.05, 3.63) is 42.1 Å². The van der Waals surface area contributed by atoms with Gasteiger partial charge in [0.05, 0.1) is 5.52 Å². The van der Waals surface area contributed by atoms with Gasteiger partial charge in [-0.25, -0.2) is 9.78 Å². The van der Waals surface area contributed by atoms with Gasteiger partial charge in [-0.3, -0.25) is 4.79 Å². The highest BCUT2D eigenvalue weighted by Gasteiger charge is 2.51. The maximum absolute atomic E-state index is 12.5. The van der Waals surface area contributed by atoms with E-state index in [0.717, 1.165) is 47.9 Å². The van der Waals surface area contributed by atoms with Crippen LogP contribution in [0.4, 0.5) is 0 Å². The average molecular weight is 364 g/mol. The Balaban J connectivity index is 1.21. The molecule has 0 aliphatic heterocycles. The van der Waals surface area contributed by atoms with Crippen LogP contribution in [0, 0.1) is 17.8 Å². The fourth-order valence-corrected chi connectivity index (χ4v) is 5.98. The minimum Gasteiger partial charge on any atom is -0.451 e. The number of esters is 1. The lowest BCUT2D eigenvalue weighted by Crippen LogP contribution is -2.60. The van der Waals surface area contributed by atoms with E-state index in [1.54, 1.807) is 6.07 Å². The van der Waals surface area contributed by atoms with Gasteiger partial charge in [-0.15, -0.1) is 0 Å². The number of hydrogen-bond donors (Lipinski definition) is 1. The molecule has 0 atom stereocenters. The van der Waals surface area contributed by atoms with Crippen LogP contribution in [0.2, 0.25) is 0 Å². The molecule has 0 radical (unpaired) electrons. The number of carbonyl (C=O) groups excluding carboxylic acids is 2. The van der Waals surface area contributed by atoms with Gasteiger partial charge in [0.15, 0.2) is 6.61 Å². The number of carbonyl (C=O) groups is 2. The Hall–Kier alpha value is -2.43. The number of ether oxygens (including phenoxy) is 1. The molecule has 4 fully saturated rings. The van der Waals surface area contributed by atoms with Gasteiger partial charge in [-0.1, -0.05) is 24.3 Å². The lowest BCUT2D eigenvalue weighted by molar-refractivity contribution is -0.130. The van der Waals surface area contributed by atoms with Crippen LogP contribution in [0.1, 0.15) is 49.0 Å². The number of hydrogen-bond acceptors (Lipinski definition) is 4. The number of fused-ring (bicyclic) bond motifs is 1. The number of benzene rings is 1. The maximum Gasteiger partial charge on any atom is 0.357 e. The molecule has 27 heavy (non-hydrogen) atoms. The monoisotopic (exact) mass is 364 g/mol. The maximum atomic E-state index is 12.5. The van der Waals surface area contributed by atoms with Crippen molar-refractivity contribution in [2.45, 2.75) is 44.1 Å². The zero-order valence-corrected chi connectivity index (χ0v) is 15.3. The molecular formula is C22H24N2O3. The molecule has 1 heterocycles. The molecular weight excluding hydrogens is 340 g/mol. The fourth-order valence-electron chi connectivity index (χ4n) is 5.98. The third-order valence-corrected chi connectivity index (χ3v) is 6.58. The molecule has 4 aliphatic carbocycles. The first-order chi connectivity index (χ1) is 13.1. The summed E-state index contributed by atoms with van der Waals surface area (Å²) < 4.78 is 5.24. The summed E-state index contributed by atoms with van der Waals surface area (Å²) in [5.41, 5.74) is 0.917. The van der Waals surface area contributed by atoms with Crippen molar-refractivity contribution < 1.29 is 14.3 Å². The van der Waals surface area contributed by atoms with Crippen molar-refractivity contribution in [3.8, 4) is 0 Å². The molecule has 0 saturated heterocycles. The third-order valence-electron chi connectivity index (χ3n) is 6.58. The molecule has 1 aromatic carbocycles. The minimum atomic E-state index is -0.554. The summed E-state index contributed by atoms with van der Waals surface area (Å²) in [4.78, 5) is 29.1. The van der Waals surface area contributed by atoms with Gasteiger partial charge in [0.2, 0.25) is 0 Å². The second-order valence-electron chi connectivity index (χ2n) is 8.71. The highest BCUT2D eigenvalue weighted by molar-refractivity contribution is 5.92. The first kappa shape index (κ1) is 16.7. The highest BCUT2D eigenvalue weighted by atomic mass is 16.5. The lowest BCUT2D eigenvalue weighted by atomic mass is 9.53. The van der Waals surface area contributed by atoms with E-state index in [0.29, 0.717) is 0 Å². The summed E-state index contributed by atoms with van der Waals surface area (Å²) >= 11 is 0. The quantitative estimate of drug-likeness (QED) is 0.844. The topological polar surface area (TPSA) is 68.3 Å². The molecule has 4 aliphatic rings. The second-order valence-corrected chi connectivity index (χ2v) is 8.71. The third kappa shape index (κ3) is 3.20. The molecule has 5 nitrogen and oxygen atoms in total. The number of rotatable bonds is 4. The molecule has 5 heteroatoms. The predicted molar refractivity (Wildman–Crippen MR) is 101 cm³/mol. The molecule has 140 valence electrons. The molecule has 0 unspecified atom stereocenters. The van der Waals surface area contributed by atoms with E-state index in [-0.39, 0.29) is 23.7 Å². The van der Waals surface area contributed by atoms with Crippen LogP contribution in [-0.4, -0.2) is 29.0 Å². The minimum absolute atomic E-state index is 0.0561. The standard InChI is InChI=1S/C22H24N2O3/c25-20(24-22-10-14-7-15(11-22)9-16(8-14)12-22)13-27-21(26)19-6-5-17-3-1-2-4-18(17)23-19/h1-6,14-16H,7-13H2,(H,24,25). The Morgan fingerprint density at radius 1 is 1.00 bits per heavy atom. The van der Waals surface area contributed by atoms with Crippen molar-refractivity contribution in [1.29, 1.82) is 0 Å². The molecule has 2 aromatic rings. The summed E-state index contributed by atoms with van der Waals surface area (Å²) in [6, 6.07) is 11.1. The first-order valence-electron chi connectivity index (χ1n) is 9.92. The van der Waals surface area contributed by atoms with Gasteiger partial charge in [0.25, 0.3) is 5.91 Å². The Morgan fingerprint density at radius 3 is 2.37 bits per heavy atom. The number of nitrogens with one attached hydrogen (secondary N) is 1. The van der Waals surface area contributed by atoms with Gasteiger partial charge < -0.3 is 10.1 Å². The van der Waals surface area contributed by atoms with Crippen LogP contribution in [0.15, 0.2) is 36.4 Å². The molecule has 1 aromatic heterocycles. The highest BCUT2D eigenvalue weighted by Crippen LogP contribution is 2.55. The molecule has 0 spiro atoms. The van der Waals surface area contributed by atoms with E-state index in [2.05, 4.69) is 10.3 Å². The van der Waals surface area contributed by atoms with Crippen molar-refractivity contribution in [3.63, 3.8) is 0 Å². The number of aromatic nitrogens is 1. The van der Waals surface area contributed by atoms with Crippen molar-refractivity contribution in [2.24, 2.45) is 17.8 Å². The Kier molecular flexibility index (Phi) is 3.92. The van der Waals surface area contributed by atoms with Crippen LogP contribution in [0.5, 0.6) is 0 Å². The van der Waals surface area contributed by atoms with Crippen molar-refractivity contribution in [1.82, 2.24) is 10.3 Å². The summed E-state index contributed by atoms with van der Waals surface area (Å²) in [5, 5.41) is 4.19. The Bertz CT molecular complexity index is 872. The van der Waals surface area contributed by atoms with Crippen molar-refractivity contribution >= 4 is 22.8 Å². The number of pyridine rings is 1. The predicted octanol–water partition coefficient (Wildman–Crippen LogP) is 3.48. The summed E-state index contributed by atoms with van der Waals surface area (Å²) in [6.45, 7) is -0.241. The summed E-state index contributed by atoms with van der Waals surface area (Å²) in [6.07, 6.45) is 7.26. The van der Waals surface area contributed by atoms with Crippen molar-refractivity contribution in [2.75, 3.05) is 6.61 Å². The smallest absolute Gasteiger partial charge is 0.357 e. The molecule has 1 N–H and O–H groups in total. The van der Waals surface area contributed by atoms with Crippen LogP contribution in [0.25, 0.3) is 10.9 Å². The molecule has 4 bridgehead atoms. The van der Waals surface area contributed by atoms with Gasteiger partial charge in [0.1, 0.15) is 5.69 Å². The fraction of sp³-hybridized carbons (Fsp3) is 0.500. The SMILES string of the molecule is O=C(COC(=O)c1ccc2ccccc2n1)NC12CC3CC(CC(C3)C1)C2. The molecule has 6 rings (SSSR count). The first-order valence-corrected chi connectivity index (χ1v) is 9.92. The van der Waals surface area contributed by atoms with E-state index in [1.807, 2.05) is 30.3 Å². The second kappa shape index (κ2) is 6.32. The van der Waals surface area contributed by atoms with Gasteiger partial charge in [-0.05, 0) is 68.4 Å². The zero-order valence-electron chi connectivity index (χ0n) is 15.3. The largest absolute Gasteiger partial charge is 0.451 e. The van der Waals surface area contributed by atoms with Crippen LogP contribution >= 0.6 is 0 Å². The average Bonchev–Trinajstić information content (AvgIpc) is 2.64. The summed E-state index contributed by atoms with van der Waals surface area (Å²) in [5.74, 6) is 1.55. The van der Waals surface area contributed by atoms with Crippen LogP contribution < -0.4 is 5.32 Å². The van der Waals surface area contributed by atoms with Gasteiger partial charge in [-0.2, -0.15) is 0 Å². The van der Waals surface area contributed by atoms with Crippen LogP contribution in [0.3, 0.4) is 0 Å².